The fourth-order valence-corrected chi connectivity index (χ4v) is 2.88. The van der Waals surface area contributed by atoms with E-state index in [1.165, 1.54) is 0 Å². The predicted molar refractivity (Wildman–Crippen MR) is 96.5 cm³/mol. The van der Waals surface area contributed by atoms with Crippen LogP contribution in [0.25, 0.3) is 0 Å². The maximum Gasteiger partial charge on any atom is 0.251 e. The number of carbonyl (C=O) groups is 2. The summed E-state index contributed by atoms with van der Waals surface area (Å²) < 4.78 is 0. The van der Waals surface area contributed by atoms with E-state index in [4.69, 9.17) is 5.11 Å². The smallest absolute Gasteiger partial charge is 0.251 e. The second-order valence-corrected chi connectivity index (χ2v) is 7.01. The summed E-state index contributed by atoms with van der Waals surface area (Å²) in [6, 6.07) is 7.90. The van der Waals surface area contributed by atoms with Crippen LogP contribution in [0.15, 0.2) is 24.3 Å². The number of carbonyl (C=O) groups excluding carboxylic acids is 2. The molecule has 2 aliphatic carbocycles. The van der Waals surface area contributed by atoms with Gasteiger partial charge in [0.15, 0.2) is 0 Å². The lowest BCUT2D eigenvalue weighted by Crippen LogP contribution is -2.35. The van der Waals surface area contributed by atoms with Gasteiger partial charge in [-0.25, -0.2) is 0 Å². The maximum absolute atomic E-state index is 12.4. The van der Waals surface area contributed by atoms with Crippen molar-refractivity contribution in [3.8, 4) is 0 Å². The minimum atomic E-state index is -0.0813. The Morgan fingerprint density at radius 2 is 1.96 bits per heavy atom. The quantitative estimate of drug-likeness (QED) is 0.564. The van der Waals surface area contributed by atoms with Crippen molar-refractivity contribution >= 4 is 17.5 Å². The number of hydrogen-bond donors (Lipinski definition) is 3. The molecule has 25 heavy (non-hydrogen) atoms. The highest BCUT2D eigenvalue weighted by Gasteiger charge is 2.29. The minimum Gasteiger partial charge on any atom is -0.396 e. The summed E-state index contributed by atoms with van der Waals surface area (Å²) in [7, 11) is 0. The van der Waals surface area contributed by atoms with E-state index in [-0.39, 0.29) is 18.4 Å². The van der Waals surface area contributed by atoms with Crippen molar-refractivity contribution in [1.82, 2.24) is 10.2 Å². The Kier molecular flexibility index (Phi) is 6.04. The number of amides is 2. The van der Waals surface area contributed by atoms with Crippen LogP contribution < -0.4 is 10.6 Å². The van der Waals surface area contributed by atoms with E-state index in [1.807, 2.05) is 0 Å². The Morgan fingerprint density at radius 3 is 2.64 bits per heavy atom. The highest BCUT2D eigenvalue weighted by atomic mass is 16.3. The molecular formula is C19H27N3O3. The zero-order chi connectivity index (χ0) is 17.6. The van der Waals surface area contributed by atoms with E-state index in [1.54, 1.807) is 24.3 Å². The second-order valence-electron chi connectivity index (χ2n) is 7.01. The molecular weight excluding hydrogens is 318 g/mol. The molecule has 2 fully saturated rings. The molecule has 0 heterocycles. The third-order valence-corrected chi connectivity index (χ3v) is 4.58. The zero-order valence-electron chi connectivity index (χ0n) is 14.5. The Balaban J connectivity index is 1.51. The van der Waals surface area contributed by atoms with Gasteiger partial charge in [-0.2, -0.15) is 0 Å². The Bertz CT molecular complexity index is 612. The number of aliphatic hydroxyl groups is 1. The normalized spacial score (nSPS) is 16.7. The molecule has 2 aliphatic rings. The van der Waals surface area contributed by atoms with E-state index < -0.39 is 0 Å². The first-order valence-electron chi connectivity index (χ1n) is 9.21. The molecule has 0 saturated heterocycles. The van der Waals surface area contributed by atoms with Gasteiger partial charge in [-0.3, -0.25) is 14.5 Å². The average Bonchev–Trinajstić information content (AvgIpc) is 3.48. The third-order valence-electron chi connectivity index (χ3n) is 4.58. The van der Waals surface area contributed by atoms with Gasteiger partial charge in [-0.1, -0.05) is 6.07 Å². The molecule has 6 heteroatoms. The van der Waals surface area contributed by atoms with Crippen molar-refractivity contribution < 1.29 is 14.7 Å². The number of anilines is 1. The predicted octanol–water partition coefficient (Wildman–Crippen LogP) is 1.75. The number of hydrogen-bond acceptors (Lipinski definition) is 4. The highest BCUT2D eigenvalue weighted by Crippen LogP contribution is 2.27. The number of benzene rings is 1. The van der Waals surface area contributed by atoms with E-state index in [9.17, 15) is 9.59 Å². The first-order chi connectivity index (χ1) is 12.2. The summed E-state index contributed by atoms with van der Waals surface area (Å²) in [6.07, 6.45) is 6.05. The molecule has 0 unspecified atom stereocenters. The monoisotopic (exact) mass is 345 g/mol. The summed E-state index contributed by atoms with van der Waals surface area (Å²) in [5, 5.41) is 14.8. The number of rotatable bonds is 10. The molecule has 2 saturated carbocycles. The largest absolute Gasteiger partial charge is 0.396 e. The summed E-state index contributed by atoms with van der Waals surface area (Å²) in [4.78, 5) is 26.6. The fraction of sp³-hybridized carbons (Fsp3) is 0.579. The van der Waals surface area contributed by atoms with Crippen molar-refractivity contribution in [3.05, 3.63) is 29.8 Å². The summed E-state index contributed by atoms with van der Waals surface area (Å²) in [5.41, 5.74) is 1.23. The summed E-state index contributed by atoms with van der Waals surface area (Å²) in [6.45, 7) is 1.39. The van der Waals surface area contributed by atoms with E-state index in [0.29, 0.717) is 29.9 Å². The zero-order valence-corrected chi connectivity index (χ0v) is 14.5. The molecule has 3 rings (SSSR count). The van der Waals surface area contributed by atoms with Crippen LogP contribution in [0.1, 0.15) is 48.9 Å². The summed E-state index contributed by atoms with van der Waals surface area (Å²) >= 11 is 0. The number of unbranched alkanes of at least 4 members (excludes halogenated alkanes) is 1. The maximum atomic E-state index is 12.4. The van der Waals surface area contributed by atoms with Crippen LogP contribution in [0.2, 0.25) is 0 Å². The van der Waals surface area contributed by atoms with E-state index in [2.05, 4.69) is 15.5 Å². The van der Waals surface area contributed by atoms with Gasteiger partial charge < -0.3 is 15.7 Å². The Hall–Kier alpha value is -1.92. The molecule has 0 aliphatic heterocycles. The van der Waals surface area contributed by atoms with Crippen molar-refractivity contribution in [2.45, 2.75) is 50.6 Å². The first-order valence-corrected chi connectivity index (χ1v) is 9.21. The highest BCUT2D eigenvalue weighted by molar-refractivity contribution is 5.97. The van der Waals surface area contributed by atoms with Gasteiger partial charge in [-0.15, -0.1) is 0 Å². The molecule has 2 amide bonds. The molecule has 0 atom stereocenters. The van der Waals surface area contributed by atoms with Gasteiger partial charge in [0, 0.05) is 29.9 Å². The lowest BCUT2D eigenvalue weighted by atomic mass is 10.2. The van der Waals surface area contributed by atoms with Crippen LogP contribution in [-0.4, -0.2) is 53.6 Å². The van der Waals surface area contributed by atoms with Gasteiger partial charge in [0.1, 0.15) is 0 Å². The van der Waals surface area contributed by atoms with Crippen LogP contribution in [0.4, 0.5) is 5.69 Å². The van der Waals surface area contributed by atoms with Gasteiger partial charge >= 0.3 is 0 Å². The topological polar surface area (TPSA) is 81.7 Å². The summed E-state index contributed by atoms with van der Waals surface area (Å²) in [5.74, 6) is -0.141. The molecule has 0 bridgehead atoms. The molecule has 0 spiro atoms. The minimum absolute atomic E-state index is 0.0596. The Morgan fingerprint density at radius 1 is 1.16 bits per heavy atom. The molecule has 1 aromatic rings. The van der Waals surface area contributed by atoms with E-state index >= 15 is 0 Å². The second kappa shape index (κ2) is 8.45. The molecule has 3 N–H and O–H groups in total. The first kappa shape index (κ1) is 17.9. The van der Waals surface area contributed by atoms with Crippen molar-refractivity contribution in [1.29, 1.82) is 0 Å². The van der Waals surface area contributed by atoms with Crippen molar-refractivity contribution in [2.75, 3.05) is 25.0 Å². The fourth-order valence-electron chi connectivity index (χ4n) is 2.88. The van der Waals surface area contributed by atoms with Crippen LogP contribution in [0.5, 0.6) is 0 Å². The third kappa shape index (κ3) is 5.83. The number of aliphatic hydroxyl groups excluding tert-OH is 1. The van der Waals surface area contributed by atoms with Crippen LogP contribution in [-0.2, 0) is 4.79 Å². The van der Waals surface area contributed by atoms with Crippen LogP contribution in [0, 0.1) is 0 Å². The molecule has 0 aromatic heterocycles. The van der Waals surface area contributed by atoms with Crippen LogP contribution in [0.3, 0.4) is 0 Å². The van der Waals surface area contributed by atoms with Crippen molar-refractivity contribution in [2.24, 2.45) is 0 Å². The van der Waals surface area contributed by atoms with Crippen LogP contribution >= 0.6 is 0 Å². The molecule has 136 valence electrons. The number of nitrogens with one attached hydrogen (secondary N) is 2. The van der Waals surface area contributed by atoms with Gasteiger partial charge in [0.2, 0.25) is 5.91 Å². The lowest BCUT2D eigenvalue weighted by molar-refractivity contribution is -0.117. The standard InChI is InChI=1S/C19H27N3O3/c23-11-2-1-10-22(17-8-9-17)13-18(24)20-16-5-3-4-14(12-16)19(25)21-15-6-7-15/h3-5,12,15,17,23H,1-2,6-11,13H2,(H,20,24)(H,21,25). The molecule has 1 aromatic carbocycles. The van der Waals surface area contributed by atoms with E-state index in [0.717, 1.165) is 45.1 Å². The number of nitrogens with zero attached hydrogens (tertiary/aromatic N) is 1. The van der Waals surface area contributed by atoms with Crippen molar-refractivity contribution in [3.63, 3.8) is 0 Å². The lowest BCUT2D eigenvalue weighted by Gasteiger charge is -2.21. The van der Waals surface area contributed by atoms with Gasteiger partial charge in [-0.05, 0) is 63.3 Å². The average molecular weight is 345 g/mol. The Labute approximate surface area is 148 Å². The van der Waals surface area contributed by atoms with Gasteiger partial charge in [0.25, 0.3) is 5.91 Å². The van der Waals surface area contributed by atoms with Gasteiger partial charge in [0.05, 0.1) is 6.54 Å². The SMILES string of the molecule is O=C(CN(CCCCO)C1CC1)Nc1cccc(C(=O)NC2CC2)c1. The molecule has 6 nitrogen and oxygen atoms in total. The molecule has 0 radical (unpaired) electrons.